The third-order valence-electron chi connectivity index (χ3n) is 4.43. The minimum Gasteiger partial charge on any atom is -0.493 e. The first-order valence-corrected chi connectivity index (χ1v) is 8.29. The fourth-order valence-corrected chi connectivity index (χ4v) is 3.12. The quantitative estimate of drug-likeness (QED) is 0.710. The van der Waals surface area contributed by atoms with E-state index in [1.54, 1.807) is 14.2 Å². The average molecular weight is 333 g/mol. The molecule has 0 radical (unpaired) electrons. The fourth-order valence-electron chi connectivity index (χ4n) is 3.12. The van der Waals surface area contributed by atoms with Crippen molar-refractivity contribution >= 4 is 22.4 Å². The summed E-state index contributed by atoms with van der Waals surface area (Å²) in [5.41, 5.74) is 6.16. The van der Waals surface area contributed by atoms with Crippen LogP contribution in [0.1, 0.15) is 17.7 Å². The first kappa shape index (κ1) is 15.6. The van der Waals surface area contributed by atoms with E-state index >= 15 is 0 Å². The predicted molar refractivity (Wildman–Crippen MR) is 98.2 cm³/mol. The summed E-state index contributed by atoms with van der Waals surface area (Å²) in [7, 11) is 3.29. The third-order valence-corrected chi connectivity index (χ3v) is 4.43. The highest BCUT2D eigenvalue weighted by atomic mass is 16.5. The topological polar surface area (TPSA) is 56.6 Å². The minimum absolute atomic E-state index is 0.714. The Labute approximate surface area is 146 Å². The number of hydrogen-bond acceptors (Lipinski definition) is 5. The van der Waals surface area contributed by atoms with Gasteiger partial charge in [-0.1, -0.05) is 12.1 Å². The van der Waals surface area contributed by atoms with Crippen molar-refractivity contribution in [3.8, 4) is 11.5 Å². The van der Waals surface area contributed by atoms with Gasteiger partial charge in [-0.25, -0.2) is 4.98 Å². The van der Waals surface area contributed by atoms with Gasteiger partial charge in [0.15, 0.2) is 11.5 Å². The van der Waals surface area contributed by atoms with Crippen LogP contribution in [0.25, 0.3) is 11.0 Å². The van der Waals surface area contributed by atoms with Crippen molar-refractivity contribution in [3.05, 3.63) is 53.9 Å². The van der Waals surface area contributed by atoms with Gasteiger partial charge in [-0.05, 0) is 36.6 Å². The van der Waals surface area contributed by atoms with E-state index < -0.39 is 0 Å². The lowest BCUT2D eigenvalue weighted by molar-refractivity contribution is 0.355. The Morgan fingerprint density at radius 3 is 2.52 bits per heavy atom. The standard InChI is InChI=1S/C20H19N3O2/c1-24-19-10-13-9-14(22-18(13)11-20(19)25-2)7-8-15-12-21-16-5-3-4-6-17(16)23-15/h3-6,10-12H,7-9H2,1-2H3. The molecular weight excluding hydrogens is 314 g/mol. The Kier molecular flexibility index (Phi) is 4.06. The number of aromatic nitrogens is 2. The molecule has 0 atom stereocenters. The van der Waals surface area contributed by atoms with Gasteiger partial charge in [-0.15, -0.1) is 0 Å². The van der Waals surface area contributed by atoms with Gasteiger partial charge in [0.2, 0.25) is 0 Å². The Balaban J connectivity index is 1.49. The highest BCUT2D eigenvalue weighted by Crippen LogP contribution is 2.38. The fraction of sp³-hybridized carbons (Fsp3) is 0.250. The molecule has 25 heavy (non-hydrogen) atoms. The molecule has 0 N–H and O–H groups in total. The average Bonchev–Trinajstić information content (AvgIpc) is 3.06. The van der Waals surface area contributed by atoms with Crippen LogP contribution in [0.2, 0.25) is 0 Å². The molecule has 5 heteroatoms. The second kappa shape index (κ2) is 6.51. The van der Waals surface area contributed by atoms with Gasteiger partial charge in [0.1, 0.15) is 0 Å². The SMILES string of the molecule is COc1cc2c(cc1OC)N=C(CCc1cnc3ccccc3n1)C2. The van der Waals surface area contributed by atoms with E-state index in [0.717, 1.165) is 53.1 Å². The van der Waals surface area contributed by atoms with E-state index in [4.69, 9.17) is 14.5 Å². The number of hydrogen-bond donors (Lipinski definition) is 0. The molecule has 0 bridgehead atoms. The third kappa shape index (κ3) is 3.05. The van der Waals surface area contributed by atoms with Gasteiger partial charge in [-0.3, -0.25) is 9.98 Å². The van der Waals surface area contributed by atoms with Gasteiger partial charge in [-0.2, -0.15) is 0 Å². The summed E-state index contributed by atoms with van der Waals surface area (Å²) in [4.78, 5) is 13.9. The second-order valence-electron chi connectivity index (χ2n) is 6.04. The van der Waals surface area contributed by atoms with Crippen molar-refractivity contribution in [3.63, 3.8) is 0 Å². The number of aliphatic imine (C=N–C) groups is 1. The highest BCUT2D eigenvalue weighted by Gasteiger charge is 2.18. The van der Waals surface area contributed by atoms with Crippen molar-refractivity contribution in [1.82, 2.24) is 9.97 Å². The van der Waals surface area contributed by atoms with Gasteiger partial charge in [0.05, 0.1) is 36.6 Å². The molecule has 2 aromatic carbocycles. The van der Waals surface area contributed by atoms with E-state index in [1.807, 2.05) is 42.6 Å². The molecule has 1 aromatic heterocycles. The molecular formula is C20H19N3O2. The predicted octanol–water partition coefficient (Wildman–Crippen LogP) is 3.91. The van der Waals surface area contributed by atoms with E-state index in [9.17, 15) is 0 Å². The zero-order chi connectivity index (χ0) is 17.2. The van der Waals surface area contributed by atoms with Crippen LogP contribution in [0.5, 0.6) is 11.5 Å². The Morgan fingerprint density at radius 2 is 1.72 bits per heavy atom. The first-order chi connectivity index (χ1) is 12.3. The number of methoxy groups -OCH3 is 2. The summed E-state index contributed by atoms with van der Waals surface area (Å²) < 4.78 is 10.7. The van der Waals surface area contributed by atoms with E-state index in [1.165, 1.54) is 5.56 Å². The molecule has 126 valence electrons. The lowest BCUT2D eigenvalue weighted by Gasteiger charge is -2.08. The number of nitrogens with zero attached hydrogens (tertiary/aromatic N) is 3. The van der Waals surface area contributed by atoms with Crippen LogP contribution in [0.3, 0.4) is 0 Å². The normalized spacial score (nSPS) is 12.8. The maximum absolute atomic E-state index is 5.37. The molecule has 0 amide bonds. The van der Waals surface area contributed by atoms with Crippen LogP contribution in [-0.2, 0) is 12.8 Å². The van der Waals surface area contributed by atoms with Gasteiger partial charge in [0, 0.05) is 24.4 Å². The lowest BCUT2D eigenvalue weighted by atomic mass is 10.1. The summed E-state index contributed by atoms with van der Waals surface area (Å²) in [6.45, 7) is 0. The molecule has 0 aliphatic carbocycles. The summed E-state index contributed by atoms with van der Waals surface area (Å²) in [5, 5.41) is 0. The van der Waals surface area contributed by atoms with Crippen molar-refractivity contribution in [2.75, 3.05) is 14.2 Å². The molecule has 0 unspecified atom stereocenters. The molecule has 0 saturated heterocycles. The number of rotatable bonds is 5. The van der Waals surface area contributed by atoms with E-state index in [-0.39, 0.29) is 0 Å². The molecule has 4 rings (SSSR count). The summed E-state index contributed by atoms with van der Waals surface area (Å²) in [6.07, 6.45) is 4.40. The van der Waals surface area contributed by atoms with Crippen molar-refractivity contribution in [2.45, 2.75) is 19.3 Å². The summed E-state index contributed by atoms with van der Waals surface area (Å²) >= 11 is 0. The van der Waals surface area contributed by atoms with E-state index in [2.05, 4.69) is 9.97 Å². The van der Waals surface area contributed by atoms with Crippen LogP contribution in [0, 0.1) is 0 Å². The van der Waals surface area contributed by atoms with Crippen LogP contribution in [-0.4, -0.2) is 29.9 Å². The molecule has 0 spiro atoms. The molecule has 2 heterocycles. The van der Waals surface area contributed by atoms with Crippen LogP contribution in [0.4, 0.5) is 5.69 Å². The molecule has 1 aliphatic rings. The molecule has 1 aliphatic heterocycles. The first-order valence-electron chi connectivity index (χ1n) is 8.29. The van der Waals surface area contributed by atoms with Crippen LogP contribution in [0.15, 0.2) is 47.6 Å². The van der Waals surface area contributed by atoms with Crippen molar-refractivity contribution < 1.29 is 9.47 Å². The molecule has 3 aromatic rings. The highest BCUT2D eigenvalue weighted by molar-refractivity contribution is 5.94. The van der Waals surface area contributed by atoms with Crippen LogP contribution < -0.4 is 9.47 Å². The smallest absolute Gasteiger partial charge is 0.162 e. The molecule has 0 saturated carbocycles. The number of aryl methyl sites for hydroxylation is 1. The maximum Gasteiger partial charge on any atom is 0.162 e. The Bertz CT molecular complexity index is 966. The van der Waals surface area contributed by atoms with E-state index in [0.29, 0.717) is 5.75 Å². The maximum atomic E-state index is 5.37. The van der Waals surface area contributed by atoms with Gasteiger partial charge >= 0.3 is 0 Å². The van der Waals surface area contributed by atoms with Crippen molar-refractivity contribution in [1.29, 1.82) is 0 Å². The van der Waals surface area contributed by atoms with Gasteiger partial charge < -0.3 is 9.47 Å². The summed E-state index contributed by atoms with van der Waals surface area (Å²) in [5.74, 6) is 1.46. The second-order valence-corrected chi connectivity index (χ2v) is 6.04. The largest absolute Gasteiger partial charge is 0.493 e. The Hall–Kier alpha value is -2.95. The van der Waals surface area contributed by atoms with Crippen LogP contribution >= 0.6 is 0 Å². The molecule has 5 nitrogen and oxygen atoms in total. The summed E-state index contributed by atoms with van der Waals surface area (Å²) in [6, 6.07) is 11.9. The molecule has 0 fully saturated rings. The lowest BCUT2D eigenvalue weighted by Crippen LogP contribution is -2.02. The number of fused-ring (bicyclic) bond motifs is 2. The number of ether oxygens (including phenoxy) is 2. The minimum atomic E-state index is 0.714. The van der Waals surface area contributed by atoms with Crippen molar-refractivity contribution in [2.24, 2.45) is 4.99 Å². The number of para-hydroxylation sites is 2. The zero-order valence-corrected chi connectivity index (χ0v) is 14.3. The number of benzene rings is 2. The monoisotopic (exact) mass is 333 g/mol. The zero-order valence-electron chi connectivity index (χ0n) is 14.3. The van der Waals surface area contributed by atoms with Gasteiger partial charge in [0.25, 0.3) is 0 Å². The Morgan fingerprint density at radius 1 is 0.960 bits per heavy atom.